The molecule has 0 amide bonds. The maximum absolute atomic E-state index is 12.7. The average molecular weight is 1090 g/mol. The molecule has 70 heavy (non-hydrogen) atoms. The summed E-state index contributed by atoms with van der Waals surface area (Å²) in [5, 5.41) is 16.5. The molecule has 0 aliphatic rings. The summed E-state index contributed by atoms with van der Waals surface area (Å²) in [6, 6.07) is 59.5. The molecule has 1 N–H and O–H groups in total. The molecule has 0 bridgehead atoms. The molecule has 0 aliphatic heterocycles. The van der Waals surface area contributed by atoms with Crippen LogP contribution >= 0.6 is 0 Å². The van der Waals surface area contributed by atoms with Gasteiger partial charge in [0.15, 0.2) is 0 Å². The number of aromatic nitrogens is 5. The van der Waals surface area contributed by atoms with Crippen LogP contribution in [0.15, 0.2) is 170 Å². The summed E-state index contributed by atoms with van der Waals surface area (Å²) in [4.78, 5) is 15.9. The van der Waals surface area contributed by atoms with E-state index in [1.165, 1.54) is 5.56 Å². The van der Waals surface area contributed by atoms with E-state index in [2.05, 4.69) is 223 Å². The maximum Gasteiger partial charge on any atom is 0.148 e. The van der Waals surface area contributed by atoms with Gasteiger partial charge in [-0.1, -0.05) is 176 Å². The fraction of sp³-hybridized carbons (Fsp3) is 0.190. The van der Waals surface area contributed by atoms with Crippen LogP contribution in [0, 0.1) is 6.07 Å². The van der Waals surface area contributed by atoms with Gasteiger partial charge in [-0.15, -0.1) is 23.6 Å². The molecule has 6 nitrogen and oxygen atoms in total. The van der Waals surface area contributed by atoms with Gasteiger partial charge in [-0.25, -0.2) is 9.97 Å². The number of rotatable bonds is 6. The third kappa shape index (κ3) is 8.02. The van der Waals surface area contributed by atoms with Crippen molar-refractivity contribution < 1.29 is 26.2 Å². The second kappa shape index (κ2) is 17.4. The van der Waals surface area contributed by atoms with Gasteiger partial charge in [-0.2, -0.15) is 0 Å². The van der Waals surface area contributed by atoms with Gasteiger partial charge in [0.05, 0.1) is 34.1 Å². The van der Waals surface area contributed by atoms with Crippen LogP contribution in [0.1, 0.15) is 79.0 Å². The first-order chi connectivity index (χ1) is 33.0. The van der Waals surface area contributed by atoms with Gasteiger partial charge in [-0.05, 0) is 97.3 Å². The van der Waals surface area contributed by atoms with Crippen LogP contribution in [0.4, 0.5) is 0 Å². The minimum Gasteiger partial charge on any atom is -0.507 e. The van der Waals surface area contributed by atoms with Crippen molar-refractivity contribution in [3.05, 3.63) is 193 Å². The number of hydrogen-bond donors (Lipinski definition) is 1. The summed E-state index contributed by atoms with van der Waals surface area (Å²) < 4.78 is 4.46. The molecule has 7 heteroatoms. The Morgan fingerprint density at radius 2 is 1.19 bits per heavy atom. The Bertz CT molecular complexity index is 3780. The minimum absolute atomic E-state index is 0. The Kier molecular flexibility index (Phi) is 11.6. The van der Waals surface area contributed by atoms with E-state index in [0.29, 0.717) is 11.4 Å². The molecule has 0 saturated heterocycles. The largest absolute Gasteiger partial charge is 0.507 e. The van der Waals surface area contributed by atoms with E-state index in [-0.39, 0.29) is 43.1 Å². The van der Waals surface area contributed by atoms with Crippen LogP contribution in [0.3, 0.4) is 0 Å². The van der Waals surface area contributed by atoms with Crippen LogP contribution in [-0.4, -0.2) is 29.2 Å². The van der Waals surface area contributed by atoms with E-state index in [4.69, 9.17) is 15.0 Å². The number of para-hydroxylation sites is 1. The Balaban J connectivity index is 0.00000567. The van der Waals surface area contributed by atoms with E-state index in [1.54, 1.807) is 0 Å². The molecule has 0 fully saturated rings. The molecular formula is C63H56N5OPt-. The number of phenolic OH excluding ortho intramolecular Hbond substituents is 1. The number of aromatic hydroxyl groups is 1. The van der Waals surface area contributed by atoms with E-state index in [1.807, 2.05) is 24.7 Å². The molecule has 0 saturated carbocycles. The molecular weight excluding hydrogens is 1040 g/mol. The Labute approximate surface area is 425 Å². The van der Waals surface area contributed by atoms with Crippen molar-refractivity contribution in [1.82, 2.24) is 24.1 Å². The topological polar surface area (TPSA) is 68.8 Å². The quantitative estimate of drug-likeness (QED) is 0.133. The molecule has 0 radical (unpaired) electrons. The fourth-order valence-electron chi connectivity index (χ4n) is 9.89. The predicted molar refractivity (Wildman–Crippen MR) is 287 cm³/mol. The SMILES string of the molecule is CC(C)(C)c1ccc(-n2c(-c3cc(C(C)(C)C)cc(C(C)(C)C)c3O)nc3c4c5[c-]c(-c6cc(-c7ccccc7)ccn6)ccc5c5c(ncn5-c5ccccc5)c4ccc32)c(-c2ccccc2)c1.[Pt]. The van der Waals surface area contributed by atoms with Crippen molar-refractivity contribution in [2.75, 3.05) is 0 Å². The van der Waals surface area contributed by atoms with Crippen LogP contribution in [0.2, 0.25) is 0 Å². The average Bonchev–Trinajstić information content (AvgIpc) is 3.97. The zero-order valence-corrected chi connectivity index (χ0v) is 43.4. The first-order valence-electron chi connectivity index (χ1n) is 23.9. The number of hydrogen-bond acceptors (Lipinski definition) is 4. The fourth-order valence-corrected chi connectivity index (χ4v) is 9.89. The first-order valence-corrected chi connectivity index (χ1v) is 23.9. The third-order valence-corrected chi connectivity index (χ3v) is 13.7. The third-order valence-electron chi connectivity index (χ3n) is 13.7. The number of imidazole rings is 2. The second-order valence-corrected chi connectivity index (χ2v) is 21.5. The van der Waals surface area contributed by atoms with Gasteiger partial charge in [0, 0.05) is 55.3 Å². The van der Waals surface area contributed by atoms with E-state index >= 15 is 0 Å². The van der Waals surface area contributed by atoms with Gasteiger partial charge < -0.3 is 9.67 Å². The standard InChI is InChI=1S/C63H56N5O.Pt/c1-61(2,3)43-26-29-53(48(35-43)40-21-15-11-16-22-40)68-54-30-28-47-55(57(54)66-60(68)50-36-44(62(4,5)6)37-51(59(50)69)63(7,8)9)49-33-42(52-34-41(31-32-64-52)39-19-13-10-14-20-39)25-27-46(49)58-56(47)65-38-67(58)45-23-17-12-18-24-45;/h10-32,34-38,69H,1-9H3;/q-1;. The van der Waals surface area contributed by atoms with Crippen molar-refractivity contribution in [3.63, 3.8) is 0 Å². The molecule has 0 spiro atoms. The Hall–Kier alpha value is -7.14. The number of phenols is 1. The van der Waals surface area contributed by atoms with Crippen molar-refractivity contribution >= 4 is 43.6 Å². The number of fused-ring (bicyclic) bond motifs is 8. The van der Waals surface area contributed by atoms with Crippen LogP contribution in [0.25, 0.3) is 99.9 Å². The zero-order valence-electron chi connectivity index (χ0n) is 41.2. The Morgan fingerprint density at radius 1 is 0.543 bits per heavy atom. The maximum atomic E-state index is 12.7. The minimum atomic E-state index is -0.357. The van der Waals surface area contributed by atoms with Gasteiger partial charge in [-0.3, -0.25) is 9.55 Å². The van der Waals surface area contributed by atoms with Gasteiger partial charge >= 0.3 is 0 Å². The van der Waals surface area contributed by atoms with Gasteiger partial charge in [0.2, 0.25) is 0 Å². The first kappa shape index (κ1) is 46.6. The van der Waals surface area contributed by atoms with Crippen LogP contribution in [0.5, 0.6) is 5.75 Å². The summed E-state index contributed by atoms with van der Waals surface area (Å²) in [7, 11) is 0. The zero-order chi connectivity index (χ0) is 48.0. The van der Waals surface area contributed by atoms with Crippen molar-refractivity contribution in [2.24, 2.45) is 0 Å². The number of benzene rings is 8. The normalized spacial score (nSPS) is 12.3. The number of nitrogens with zero attached hydrogens (tertiary/aromatic N) is 5. The summed E-state index contributed by atoms with van der Waals surface area (Å²) in [6.07, 6.45) is 3.81. The molecule has 11 aromatic rings. The predicted octanol–water partition coefficient (Wildman–Crippen LogP) is 16.1. The summed E-state index contributed by atoms with van der Waals surface area (Å²) in [6.45, 7) is 20.0. The van der Waals surface area contributed by atoms with Gasteiger partial charge in [0.25, 0.3) is 0 Å². The van der Waals surface area contributed by atoms with Crippen molar-refractivity contribution in [1.29, 1.82) is 0 Å². The summed E-state index contributed by atoms with van der Waals surface area (Å²) in [5.41, 5.74) is 14.9. The molecule has 0 aliphatic carbocycles. The Morgan fingerprint density at radius 3 is 1.86 bits per heavy atom. The van der Waals surface area contributed by atoms with E-state index in [9.17, 15) is 5.11 Å². The summed E-state index contributed by atoms with van der Waals surface area (Å²) in [5.74, 6) is 0.889. The molecule has 350 valence electrons. The second-order valence-electron chi connectivity index (χ2n) is 21.5. The molecule has 8 aromatic carbocycles. The molecule has 0 unspecified atom stereocenters. The molecule has 3 aromatic heterocycles. The number of pyridine rings is 1. The van der Waals surface area contributed by atoms with Crippen molar-refractivity contribution in [2.45, 2.75) is 78.6 Å². The van der Waals surface area contributed by atoms with Crippen LogP contribution in [-0.2, 0) is 37.3 Å². The summed E-state index contributed by atoms with van der Waals surface area (Å²) >= 11 is 0. The molecule has 3 heterocycles. The van der Waals surface area contributed by atoms with Gasteiger partial charge in [0.1, 0.15) is 11.6 Å². The monoisotopic (exact) mass is 1090 g/mol. The molecule has 11 rings (SSSR count). The van der Waals surface area contributed by atoms with Crippen molar-refractivity contribution in [3.8, 4) is 62.0 Å². The smallest absolute Gasteiger partial charge is 0.148 e. The molecule has 0 atom stereocenters. The van der Waals surface area contributed by atoms with E-state index < -0.39 is 0 Å². The van der Waals surface area contributed by atoms with E-state index in [0.717, 1.165) is 99.6 Å². The van der Waals surface area contributed by atoms with Crippen LogP contribution < -0.4 is 0 Å².